The molecule has 0 saturated heterocycles. The molecule has 2 nitrogen and oxygen atoms in total. The van der Waals surface area contributed by atoms with Crippen LogP contribution in [0.2, 0.25) is 0 Å². The lowest BCUT2D eigenvalue weighted by atomic mass is 10.0. The van der Waals surface area contributed by atoms with Gasteiger partial charge in [0.25, 0.3) is 0 Å². The minimum absolute atomic E-state index is 0.0595. The number of aliphatic hydroxyl groups excluding tert-OH is 1. The molecule has 0 aliphatic heterocycles. The smallest absolute Gasteiger partial charge is 0.0933 e. The van der Waals surface area contributed by atoms with Crippen molar-refractivity contribution in [2.45, 2.75) is 46.0 Å². The van der Waals surface area contributed by atoms with Gasteiger partial charge in [-0.2, -0.15) is 0 Å². The lowest BCUT2D eigenvalue weighted by molar-refractivity contribution is -0.0473. The Morgan fingerprint density at radius 2 is 1.89 bits per heavy atom. The molecule has 1 aromatic rings. The van der Waals surface area contributed by atoms with Gasteiger partial charge < -0.3 is 9.84 Å². The van der Waals surface area contributed by atoms with Crippen molar-refractivity contribution >= 4 is 0 Å². The first-order valence-electron chi connectivity index (χ1n) is 6.47. The van der Waals surface area contributed by atoms with Crippen LogP contribution in [0.1, 0.15) is 32.8 Å². The van der Waals surface area contributed by atoms with Gasteiger partial charge in [-0.15, -0.1) is 5.92 Å². The second-order valence-electron chi connectivity index (χ2n) is 4.46. The molecule has 1 rings (SSSR count). The standard InChI is InChI=1S/C16H22O2/c1-4-5-9-13(2)16(17)14(3)18-12-15-10-7-6-8-11-15/h6-8,10-11,13-14,16-17H,4,12H2,1-3H3/t13-,14-,16+/m0/s1. The molecule has 0 amide bonds. The fraction of sp³-hybridized carbons (Fsp3) is 0.500. The van der Waals surface area contributed by atoms with E-state index in [-0.39, 0.29) is 12.0 Å². The molecule has 0 unspecified atom stereocenters. The molecule has 2 heteroatoms. The summed E-state index contributed by atoms with van der Waals surface area (Å²) < 4.78 is 5.67. The van der Waals surface area contributed by atoms with E-state index in [1.807, 2.05) is 51.1 Å². The monoisotopic (exact) mass is 246 g/mol. The Balaban J connectivity index is 2.42. The second-order valence-corrected chi connectivity index (χ2v) is 4.46. The van der Waals surface area contributed by atoms with Gasteiger partial charge in [0.1, 0.15) is 0 Å². The highest BCUT2D eigenvalue weighted by Gasteiger charge is 2.20. The van der Waals surface area contributed by atoms with Crippen molar-refractivity contribution in [3.05, 3.63) is 35.9 Å². The van der Waals surface area contributed by atoms with Crippen molar-refractivity contribution in [1.82, 2.24) is 0 Å². The normalized spacial score (nSPS) is 15.3. The van der Waals surface area contributed by atoms with Gasteiger partial charge >= 0.3 is 0 Å². The Bertz CT molecular complexity index is 389. The minimum Gasteiger partial charge on any atom is -0.389 e. The van der Waals surface area contributed by atoms with Gasteiger partial charge in [-0.1, -0.05) is 43.2 Å². The molecule has 0 radical (unpaired) electrons. The van der Waals surface area contributed by atoms with E-state index >= 15 is 0 Å². The fourth-order valence-corrected chi connectivity index (χ4v) is 1.66. The molecule has 3 atom stereocenters. The third kappa shape index (κ3) is 4.91. The van der Waals surface area contributed by atoms with Crippen LogP contribution in [0.25, 0.3) is 0 Å². The molecule has 0 saturated carbocycles. The molecule has 1 N–H and O–H groups in total. The first kappa shape index (κ1) is 14.8. The maximum absolute atomic E-state index is 10.1. The van der Waals surface area contributed by atoms with E-state index in [9.17, 15) is 5.11 Å². The summed E-state index contributed by atoms with van der Waals surface area (Å²) in [6, 6.07) is 9.97. The van der Waals surface area contributed by atoms with E-state index in [2.05, 4.69) is 11.8 Å². The Morgan fingerprint density at radius 1 is 1.22 bits per heavy atom. The highest BCUT2D eigenvalue weighted by molar-refractivity contribution is 5.13. The van der Waals surface area contributed by atoms with Crippen molar-refractivity contribution < 1.29 is 9.84 Å². The molecule has 0 fully saturated rings. The Kier molecular flexibility index (Phi) is 6.49. The summed E-state index contributed by atoms with van der Waals surface area (Å²) in [7, 11) is 0. The van der Waals surface area contributed by atoms with Crippen LogP contribution < -0.4 is 0 Å². The Morgan fingerprint density at radius 3 is 2.50 bits per heavy atom. The van der Waals surface area contributed by atoms with Crippen molar-refractivity contribution in [3.8, 4) is 11.8 Å². The Labute approximate surface area is 110 Å². The number of ether oxygens (including phenoxy) is 1. The van der Waals surface area contributed by atoms with Gasteiger partial charge in [0.2, 0.25) is 0 Å². The minimum atomic E-state index is -0.548. The van der Waals surface area contributed by atoms with Crippen molar-refractivity contribution in [2.24, 2.45) is 5.92 Å². The zero-order valence-electron chi connectivity index (χ0n) is 11.4. The number of rotatable bonds is 5. The van der Waals surface area contributed by atoms with Crippen LogP contribution in [0, 0.1) is 17.8 Å². The maximum atomic E-state index is 10.1. The van der Waals surface area contributed by atoms with Gasteiger partial charge in [-0.25, -0.2) is 0 Å². The van der Waals surface area contributed by atoms with Crippen molar-refractivity contribution in [2.75, 3.05) is 0 Å². The molecule has 18 heavy (non-hydrogen) atoms. The van der Waals surface area contributed by atoms with Crippen LogP contribution in [-0.4, -0.2) is 17.3 Å². The topological polar surface area (TPSA) is 29.5 Å². The predicted octanol–water partition coefficient (Wildman–Crippen LogP) is 3.00. The van der Waals surface area contributed by atoms with E-state index in [1.54, 1.807) is 0 Å². The maximum Gasteiger partial charge on any atom is 0.0933 e. The molecular weight excluding hydrogens is 224 g/mol. The molecule has 0 bridgehead atoms. The summed E-state index contributed by atoms with van der Waals surface area (Å²) in [6.45, 7) is 6.34. The van der Waals surface area contributed by atoms with E-state index in [0.717, 1.165) is 12.0 Å². The average molecular weight is 246 g/mol. The summed E-state index contributed by atoms with van der Waals surface area (Å²) in [5.74, 6) is 5.96. The predicted molar refractivity (Wildman–Crippen MR) is 73.9 cm³/mol. The second kappa shape index (κ2) is 7.92. The zero-order chi connectivity index (χ0) is 13.4. The third-order valence-electron chi connectivity index (χ3n) is 2.86. The molecule has 0 aliphatic carbocycles. The summed E-state index contributed by atoms with van der Waals surface area (Å²) in [5, 5.41) is 10.1. The first-order chi connectivity index (χ1) is 8.65. The van der Waals surface area contributed by atoms with Gasteiger partial charge in [0, 0.05) is 12.3 Å². The van der Waals surface area contributed by atoms with Crippen LogP contribution in [0.5, 0.6) is 0 Å². The Hall–Kier alpha value is -1.30. The van der Waals surface area contributed by atoms with Crippen molar-refractivity contribution in [3.63, 3.8) is 0 Å². The zero-order valence-corrected chi connectivity index (χ0v) is 11.4. The van der Waals surface area contributed by atoms with Crippen molar-refractivity contribution in [1.29, 1.82) is 0 Å². The summed E-state index contributed by atoms with van der Waals surface area (Å²) in [4.78, 5) is 0. The number of aliphatic hydroxyl groups is 1. The molecule has 0 spiro atoms. The highest BCUT2D eigenvalue weighted by Crippen LogP contribution is 2.12. The molecule has 98 valence electrons. The molecule has 0 aromatic heterocycles. The fourth-order valence-electron chi connectivity index (χ4n) is 1.66. The number of hydrogen-bond donors (Lipinski definition) is 1. The largest absolute Gasteiger partial charge is 0.389 e. The summed E-state index contributed by atoms with van der Waals surface area (Å²) >= 11 is 0. The van der Waals surface area contributed by atoms with Crippen LogP contribution in [-0.2, 0) is 11.3 Å². The van der Waals surface area contributed by atoms with Gasteiger partial charge in [0.05, 0.1) is 18.8 Å². The van der Waals surface area contributed by atoms with Gasteiger partial charge in [0.15, 0.2) is 0 Å². The number of hydrogen-bond acceptors (Lipinski definition) is 2. The van der Waals surface area contributed by atoms with E-state index < -0.39 is 6.10 Å². The lowest BCUT2D eigenvalue weighted by Gasteiger charge is -2.22. The molecular formula is C16H22O2. The van der Waals surface area contributed by atoms with Gasteiger partial charge in [-0.3, -0.25) is 0 Å². The quantitative estimate of drug-likeness (QED) is 0.809. The summed E-state index contributed by atoms with van der Waals surface area (Å²) in [5.41, 5.74) is 1.11. The molecule has 1 aromatic carbocycles. The average Bonchev–Trinajstić information content (AvgIpc) is 2.42. The SMILES string of the molecule is CCC#C[C@H](C)[C@@H](O)[C@H](C)OCc1ccccc1. The van der Waals surface area contributed by atoms with E-state index in [4.69, 9.17) is 4.74 Å². The van der Waals surface area contributed by atoms with Crippen LogP contribution >= 0.6 is 0 Å². The van der Waals surface area contributed by atoms with E-state index in [1.165, 1.54) is 0 Å². The molecule has 0 aliphatic rings. The van der Waals surface area contributed by atoms with Crippen LogP contribution in [0.4, 0.5) is 0 Å². The van der Waals surface area contributed by atoms with Gasteiger partial charge in [-0.05, 0) is 19.4 Å². The summed E-state index contributed by atoms with van der Waals surface area (Å²) in [6.07, 6.45) is 0.0511. The van der Waals surface area contributed by atoms with E-state index in [0.29, 0.717) is 6.61 Å². The number of benzene rings is 1. The van der Waals surface area contributed by atoms with Crippen LogP contribution in [0.15, 0.2) is 30.3 Å². The first-order valence-corrected chi connectivity index (χ1v) is 6.47. The van der Waals surface area contributed by atoms with Crippen LogP contribution in [0.3, 0.4) is 0 Å². The third-order valence-corrected chi connectivity index (χ3v) is 2.86. The lowest BCUT2D eigenvalue weighted by Crippen LogP contribution is -2.31. The highest BCUT2D eigenvalue weighted by atomic mass is 16.5. The molecule has 0 heterocycles.